The van der Waals surface area contributed by atoms with E-state index in [4.69, 9.17) is 10.7 Å². The van der Waals surface area contributed by atoms with Crippen molar-refractivity contribution in [3.8, 4) is 5.69 Å². The van der Waals surface area contributed by atoms with Crippen molar-refractivity contribution in [2.45, 2.75) is 18.9 Å². The average Bonchev–Trinajstić information content (AvgIpc) is 2.94. The Morgan fingerprint density at radius 2 is 1.82 bits per heavy atom. The van der Waals surface area contributed by atoms with Crippen molar-refractivity contribution in [3.05, 3.63) is 41.8 Å². The SMILES string of the molecule is CC.COC(=O)c1cc(S(=O)(=O)Cl)nn1-c1ccc(F)cc1. The maximum atomic E-state index is 12.9. The zero-order chi connectivity index (χ0) is 16.9. The molecule has 0 radical (unpaired) electrons. The average molecular weight is 349 g/mol. The number of carbonyl (C=O) groups is 1. The molecule has 1 aromatic heterocycles. The fourth-order valence-corrected chi connectivity index (χ4v) is 2.17. The molecule has 0 unspecified atom stereocenters. The number of esters is 1. The van der Waals surface area contributed by atoms with E-state index in [9.17, 15) is 17.6 Å². The number of hydrogen-bond donors (Lipinski definition) is 0. The van der Waals surface area contributed by atoms with Crippen LogP contribution in [-0.2, 0) is 13.8 Å². The third kappa shape index (κ3) is 4.05. The Hall–Kier alpha value is -1.93. The number of nitrogens with zero attached hydrogens (tertiary/aromatic N) is 2. The number of rotatable bonds is 3. The van der Waals surface area contributed by atoms with E-state index in [2.05, 4.69) is 9.84 Å². The second-order valence-corrected chi connectivity index (χ2v) is 6.20. The van der Waals surface area contributed by atoms with Gasteiger partial charge in [0.1, 0.15) is 5.82 Å². The summed E-state index contributed by atoms with van der Waals surface area (Å²) in [6.07, 6.45) is 0. The van der Waals surface area contributed by atoms with Gasteiger partial charge in [-0.3, -0.25) is 0 Å². The summed E-state index contributed by atoms with van der Waals surface area (Å²) in [6.45, 7) is 4.00. The van der Waals surface area contributed by atoms with Crippen molar-refractivity contribution in [2.75, 3.05) is 7.11 Å². The van der Waals surface area contributed by atoms with Gasteiger partial charge in [0.2, 0.25) is 0 Å². The number of halogens is 2. The lowest BCUT2D eigenvalue weighted by atomic mass is 10.3. The van der Waals surface area contributed by atoms with Crippen LogP contribution in [0, 0.1) is 5.82 Å². The molecule has 1 aromatic carbocycles. The summed E-state index contributed by atoms with van der Waals surface area (Å²) in [4.78, 5) is 11.6. The predicted molar refractivity (Wildman–Crippen MR) is 79.2 cm³/mol. The zero-order valence-electron chi connectivity index (χ0n) is 12.1. The van der Waals surface area contributed by atoms with E-state index < -0.39 is 25.9 Å². The van der Waals surface area contributed by atoms with Gasteiger partial charge in [-0.1, -0.05) is 13.8 Å². The topological polar surface area (TPSA) is 78.3 Å². The van der Waals surface area contributed by atoms with Gasteiger partial charge in [-0.2, -0.15) is 5.10 Å². The summed E-state index contributed by atoms with van der Waals surface area (Å²) in [5.41, 5.74) is 0.150. The van der Waals surface area contributed by atoms with E-state index >= 15 is 0 Å². The predicted octanol–water partition coefficient (Wildman–Crippen LogP) is 2.75. The molecule has 120 valence electrons. The molecule has 0 atom stereocenters. The number of ether oxygens (including phenoxy) is 1. The molecule has 0 amide bonds. The second-order valence-electron chi connectivity index (χ2n) is 3.69. The first-order valence-corrected chi connectivity index (χ1v) is 8.53. The molecule has 0 N–H and O–H groups in total. The van der Waals surface area contributed by atoms with Gasteiger partial charge >= 0.3 is 5.97 Å². The Bertz CT molecular complexity index is 757. The molecule has 0 fully saturated rings. The minimum Gasteiger partial charge on any atom is -0.464 e. The number of benzene rings is 1. The standard InChI is InChI=1S/C11H8ClFN2O4S.C2H6/c1-19-11(16)9-6-10(20(12,17)18)14-15(9)8-4-2-7(13)3-5-8;1-2/h2-6H,1H3;1-2H3. The third-order valence-electron chi connectivity index (χ3n) is 2.40. The van der Waals surface area contributed by atoms with Gasteiger partial charge in [0.05, 0.1) is 12.8 Å². The van der Waals surface area contributed by atoms with E-state index in [0.717, 1.165) is 30.0 Å². The Morgan fingerprint density at radius 1 is 1.27 bits per heavy atom. The molecule has 6 nitrogen and oxygen atoms in total. The monoisotopic (exact) mass is 348 g/mol. The van der Waals surface area contributed by atoms with Crippen molar-refractivity contribution in [2.24, 2.45) is 0 Å². The van der Waals surface area contributed by atoms with Gasteiger partial charge in [0, 0.05) is 16.7 Å². The van der Waals surface area contributed by atoms with Gasteiger partial charge in [-0.25, -0.2) is 22.3 Å². The molecular formula is C13H14ClFN2O4S. The summed E-state index contributed by atoms with van der Waals surface area (Å²) in [5, 5.41) is 3.23. The van der Waals surface area contributed by atoms with Gasteiger partial charge in [-0.05, 0) is 24.3 Å². The van der Waals surface area contributed by atoms with E-state index in [1.807, 2.05) is 13.8 Å². The van der Waals surface area contributed by atoms with Gasteiger partial charge in [0.15, 0.2) is 10.7 Å². The molecule has 22 heavy (non-hydrogen) atoms. The third-order valence-corrected chi connectivity index (χ3v) is 3.58. The maximum absolute atomic E-state index is 12.9. The highest BCUT2D eigenvalue weighted by Crippen LogP contribution is 2.19. The largest absolute Gasteiger partial charge is 0.464 e. The smallest absolute Gasteiger partial charge is 0.356 e. The molecule has 0 saturated carbocycles. The Balaban J connectivity index is 0.00000116. The summed E-state index contributed by atoms with van der Waals surface area (Å²) >= 11 is 0. The van der Waals surface area contributed by atoms with Gasteiger partial charge < -0.3 is 4.74 Å². The summed E-state index contributed by atoms with van der Waals surface area (Å²) in [6, 6.07) is 5.94. The van der Waals surface area contributed by atoms with E-state index in [-0.39, 0.29) is 5.69 Å². The van der Waals surface area contributed by atoms with Gasteiger partial charge in [0.25, 0.3) is 9.05 Å². The molecule has 0 saturated heterocycles. The van der Waals surface area contributed by atoms with Crippen LogP contribution in [0.25, 0.3) is 5.69 Å². The number of carbonyl (C=O) groups excluding carboxylic acids is 1. The molecule has 9 heteroatoms. The Morgan fingerprint density at radius 3 is 2.27 bits per heavy atom. The van der Waals surface area contributed by atoms with Crippen LogP contribution in [0.1, 0.15) is 24.3 Å². The van der Waals surface area contributed by atoms with Crippen LogP contribution >= 0.6 is 10.7 Å². The maximum Gasteiger partial charge on any atom is 0.356 e. The fourth-order valence-electron chi connectivity index (χ4n) is 1.51. The molecule has 0 spiro atoms. The first kappa shape index (κ1) is 18.1. The number of methoxy groups -OCH3 is 1. The molecular weight excluding hydrogens is 335 g/mol. The van der Waals surface area contributed by atoms with Crippen LogP contribution in [0.5, 0.6) is 0 Å². The second kappa shape index (κ2) is 7.37. The van der Waals surface area contributed by atoms with E-state index in [0.29, 0.717) is 5.69 Å². The summed E-state index contributed by atoms with van der Waals surface area (Å²) < 4.78 is 41.0. The minimum absolute atomic E-state index is 0.140. The first-order chi connectivity index (χ1) is 10.3. The lowest BCUT2D eigenvalue weighted by molar-refractivity contribution is 0.0590. The van der Waals surface area contributed by atoms with Crippen LogP contribution in [0.4, 0.5) is 4.39 Å². The van der Waals surface area contributed by atoms with Crippen molar-refractivity contribution >= 4 is 25.7 Å². The highest BCUT2D eigenvalue weighted by atomic mass is 35.7. The number of aromatic nitrogens is 2. The molecule has 0 bridgehead atoms. The molecule has 0 aliphatic carbocycles. The normalized spacial score (nSPS) is 10.6. The molecule has 2 aromatic rings. The van der Waals surface area contributed by atoms with Crippen LogP contribution in [0.15, 0.2) is 35.4 Å². The van der Waals surface area contributed by atoms with Crippen LogP contribution < -0.4 is 0 Å². The van der Waals surface area contributed by atoms with Crippen molar-refractivity contribution in [1.29, 1.82) is 0 Å². The molecule has 1 heterocycles. The van der Waals surface area contributed by atoms with Crippen LogP contribution in [-0.4, -0.2) is 31.3 Å². The summed E-state index contributed by atoms with van der Waals surface area (Å²) in [5.74, 6) is -1.28. The zero-order valence-corrected chi connectivity index (χ0v) is 13.7. The van der Waals surface area contributed by atoms with Crippen molar-refractivity contribution < 1.29 is 22.3 Å². The highest BCUT2D eigenvalue weighted by Gasteiger charge is 2.23. The Kier molecular flexibility index (Phi) is 6.07. The van der Waals surface area contributed by atoms with E-state index in [1.54, 1.807) is 0 Å². The van der Waals surface area contributed by atoms with Crippen LogP contribution in [0.3, 0.4) is 0 Å². The minimum atomic E-state index is -4.10. The van der Waals surface area contributed by atoms with E-state index in [1.165, 1.54) is 12.1 Å². The van der Waals surface area contributed by atoms with Crippen molar-refractivity contribution in [1.82, 2.24) is 9.78 Å². The lowest BCUT2D eigenvalue weighted by Crippen LogP contribution is -2.10. The fraction of sp³-hybridized carbons (Fsp3) is 0.231. The molecule has 2 rings (SSSR count). The molecule has 0 aliphatic rings. The van der Waals surface area contributed by atoms with Gasteiger partial charge in [-0.15, -0.1) is 0 Å². The summed E-state index contributed by atoms with van der Waals surface area (Å²) in [7, 11) is 2.22. The number of hydrogen-bond acceptors (Lipinski definition) is 5. The van der Waals surface area contributed by atoms with Crippen molar-refractivity contribution in [3.63, 3.8) is 0 Å². The molecule has 0 aliphatic heterocycles. The highest BCUT2D eigenvalue weighted by molar-refractivity contribution is 8.13. The lowest BCUT2D eigenvalue weighted by Gasteiger charge is -2.05. The van der Waals surface area contributed by atoms with Crippen LogP contribution in [0.2, 0.25) is 0 Å². The Labute approximate surface area is 131 Å². The first-order valence-electron chi connectivity index (χ1n) is 6.22. The quantitative estimate of drug-likeness (QED) is 0.629.